The van der Waals surface area contributed by atoms with Gasteiger partial charge in [0.1, 0.15) is 11.4 Å². The zero-order valence-corrected chi connectivity index (χ0v) is 25.2. The molecule has 2 aromatic heterocycles. The molecule has 1 N–H and O–H groups in total. The molecule has 1 saturated heterocycles. The number of benzene rings is 2. The third-order valence-electron chi connectivity index (χ3n) is 7.48. The van der Waals surface area contributed by atoms with Crippen LogP contribution in [0.2, 0.25) is 0 Å². The molecule has 2 amide bonds. The molecule has 0 atom stereocenters. The predicted octanol–water partition coefficient (Wildman–Crippen LogP) is 6.78. The Hall–Kier alpha value is -4.40. The van der Waals surface area contributed by atoms with Crippen molar-refractivity contribution in [1.82, 2.24) is 19.5 Å². The highest BCUT2D eigenvalue weighted by atomic mass is 16.6. The summed E-state index contributed by atoms with van der Waals surface area (Å²) in [6.45, 7) is 13.3. The zero-order chi connectivity index (χ0) is 30.0. The van der Waals surface area contributed by atoms with E-state index in [0.29, 0.717) is 49.4 Å². The molecule has 4 aromatic rings. The smallest absolute Gasteiger partial charge is 0.410 e. The number of carbonyl (C=O) groups excluding carboxylic acids is 2. The minimum absolute atomic E-state index is 0.00184. The molecule has 9 heteroatoms. The first-order valence-corrected chi connectivity index (χ1v) is 14.5. The number of anilines is 1. The number of hydrogen-bond donors (Lipinski definition) is 1. The predicted molar refractivity (Wildman–Crippen MR) is 163 cm³/mol. The van der Waals surface area contributed by atoms with Gasteiger partial charge in [0.15, 0.2) is 5.65 Å². The Kier molecular flexibility index (Phi) is 8.20. The fourth-order valence-corrected chi connectivity index (χ4v) is 5.13. The maximum absolute atomic E-state index is 13.7. The molecule has 42 heavy (non-hydrogen) atoms. The number of fused-ring (bicyclic) bond motifs is 1. The molecular formula is C33H39N5O4. The molecule has 0 bridgehead atoms. The van der Waals surface area contributed by atoms with E-state index in [4.69, 9.17) is 19.6 Å². The Morgan fingerprint density at radius 1 is 1.00 bits per heavy atom. The van der Waals surface area contributed by atoms with E-state index >= 15 is 0 Å². The third-order valence-corrected chi connectivity index (χ3v) is 7.48. The van der Waals surface area contributed by atoms with Crippen molar-refractivity contribution in [3.05, 3.63) is 77.1 Å². The lowest BCUT2D eigenvalue weighted by atomic mass is 9.90. The fourth-order valence-electron chi connectivity index (χ4n) is 5.13. The summed E-state index contributed by atoms with van der Waals surface area (Å²) >= 11 is 0. The highest BCUT2D eigenvalue weighted by molar-refractivity contribution is 6.05. The van der Waals surface area contributed by atoms with E-state index in [1.807, 2.05) is 90.1 Å². The normalized spacial score (nSPS) is 14.2. The van der Waals surface area contributed by atoms with Gasteiger partial charge in [-0.2, -0.15) is 5.10 Å². The lowest BCUT2D eigenvalue weighted by Gasteiger charge is -2.33. The van der Waals surface area contributed by atoms with Gasteiger partial charge in [-0.25, -0.2) is 14.3 Å². The molecular weight excluding hydrogens is 530 g/mol. The number of rotatable bonds is 6. The van der Waals surface area contributed by atoms with Gasteiger partial charge in [-0.05, 0) is 102 Å². The lowest BCUT2D eigenvalue weighted by molar-refractivity contribution is 0.0203. The summed E-state index contributed by atoms with van der Waals surface area (Å²) < 4.78 is 12.8. The van der Waals surface area contributed by atoms with Crippen molar-refractivity contribution in [1.29, 1.82) is 0 Å². The van der Waals surface area contributed by atoms with Gasteiger partial charge in [0.2, 0.25) is 0 Å². The number of hydrogen-bond acceptors (Lipinski definition) is 6. The minimum Gasteiger partial charge on any atom is -0.494 e. The molecule has 1 aliphatic heterocycles. The Morgan fingerprint density at radius 2 is 1.71 bits per heavy atom. The summed E-state index contributed by atoms with van der Waals surface area (Å²) in [7, 11) is 0. The van der Waals surface area contributed by atoms with Crippen LogP contribution in [-0.4, -0.2) is 56.8 Å². The van der Waals surface area contributed by atoms with Crippen LogP contribution in [0.5, 0.6) is 5.75 Å². The van der Waals surface area contributed by atoms with Crippen molar-refractivity contribution in [2.24, 2.45) is 0 Å². The van der Waals surface area contributed by atoms with Crippen LogP contribution in [0.25, 0.3) is 16.9 Å². The van der Waals surface area contributed by atoms with E-state index < -0.39 is 5.60 Å². The van der Waals surface area contributed by atoms with Crippen molar-refractivity contribution >= 4 is 23.3 Å². The summed E-state index contributed by atoms with van der Waals surface area (Å²) in [5.74, 6) is 0.557. The van der Waals surface area contributed by atoms with Gasteiger partial charge >= 0.3 is 6.09 Å². The van der Waals surface area contributed by atoms with Crippen molar-refractivity contribution in [2.45, 2.75) is 65.9 Å². The molecule has 0 unspecified atom stereocenters. The number of likely N-dealkylation sites (tertiary alicyclic amines) is 1. The van der Waals surface area contributed by atoms with E-state index in [1.165, 1.54) is 0 Å². The molecule has 5 rings (SSSR count). The molecule has 0 saturated carbocycles. The van der Waals surface area contributed by atoms with Crippen LogP contribution in [0.3, 0.4) is 0 Å². The van der Waals surface area contributed by atoms with E-state index in [1.54, 1.807) is 15.6 Å². The fraction of sp³-hybridized carbons (Fsp3) is 0.394. The van der Waals surface area contributed by atoms with Crippen LogP contribution in [-0.2, 0) is 4.74 Å². The summed E-state index contributed by atoms with van der Waals surface area (Å²) in [5.41, 5.74) is 5.96. The van der Waals surface area contributed by atoms with Gasteiger partial charge in [0.05, 0.1) is 23.6 Å². The van der Waals surface area contributed by atoms with Crippen molar-refractivity contribution in [2.75, 3.05) is 25.0 Å². The minimum atomic E-state index is -0.552. The van der Waals surface area contributed by atoms with Crippen LogP contribution < -0.4 is 10.1 Å². The Morgan fingerprint density at radius 3 is 2.36 bits per heavy atom. The second-order valence-corrected chi connectivity index (χ2v) is 11.8. The maximum atomic E-state index is 13.7. The largest absolute Gasteiger partial charge is 0.494 e. The molecule has 9 nitrogen and oxygen atoms in total. The molecule has 1 aliphatic rings. The number of aryl methyl sites for hydroxylation is 2. The van der Waals surface area contributed by atoms with Crippen LogP contribution >= 0.6 is 0 Å². The van der Waals surface area contributed by atoms with E-state index in [-0.39, 0.29) is 17.9 Å². The van der Waals surface area contributed by atoms with Crippen molar-refractivity contribution in [3.63, 3.8) is 0 Å². The number of ether oxygens (including phenoxy) is 2. The highest BCUT2D eigenvalue weighted by Gasteiger charge is 2.31. The van der Waals surface area contributed by atoms with Gasteiger partial charge in [-0.1, -0.05) is 6.07 Å². The average molecular weight is 570 g/mol. The third kappa shape index (κ3) is 6.56. The van der Waals surface area contributed by atoms with E-state index in [9.17, 15) is 9.59 Å². The Labute approximate surface area is 246 Å². The summed E-state index contributed by atoms with van der Waals surface area (Å²) in [5, 5.41) is 7.82. The number of nitrogens with one attached hydrogen (secondary N) is 1. The van der Waals surface area contributed by atoms with Crippen molar-refractivity contribution in [3.8, 4) is 17.0 Å². The monoisotopic (exact) mass is 569 g/mol. The number of aromatic nitrogens is 3. The quantitative estimate of drug-likeness (QED) is 0.275. The lowest BCUT2D eigenvalue weighted by Crippen LogP contribution is -2.41. The van der Waals surface area contributed by atoms with E-state index in [0.717, 1.165) is 33.8 Å². The summed E-state index contributed by atoms with van der Waals surface area (Å²) in [6, 6.07) is 15.6. The number of carbonyl (C=O) groups is 2. The second-order valence-electron chi connectivity index (χ2n) is 11.8. The molecule has 0 radical (unpaired) electrons. The molecule has 0 spiro atoms. The van der Waals surface area contributed by atoms with Crippen LogP contribution in [0, 0.1) is 13.8 Å². The Balaban J connectivity index is 1.46. The molecule has 1 fully saturated rings. The first kappa shape index (κ1) is 29.1. The second kappa shape index (κ2) is 11.8. The average Bonchev–Trinajstić information content (AvgIpc) is 3.37. The standard InChI is InChI=1S/C33H39N5O4/c1-7-41-26-12-9-23(10-13-26)28-19-29-35-30(24-14-16-37(17-15-24)32(40)42-33(4,5)6)27(20-38(29)36-28)31(39)34-25-11-8-21(2)22(3)18-25/h8-13,18-20,24H,7,14-17H2,1-6H3,(H,34,39). The molecule has 2 aromatic carbocycles. The molecule has 220 valence electrons. The van der Waals surface area contributed by atoms with Gasteiger partial charge in [0, 0.05) is 42.5 Å². The Bertz CT molecular complexity index is 1600. The topological polar surface area (TPSA) is 98.1 Å². The van der Waals surface area contributed by atoms with Gasteiger partial charge in [0.25, 0.3) is 5.91 Å². The molecule has 3 heterocycles. The SMILES string of the molecule is CCOc1ccc(-c2cc3nc(C4CCN(C(=O)OC(C)(C)C)CC4)c(C(=O)Nc4ccc(C)c(C)c4)cn3n2)cc1. The summed E-state index contributed by atoms with van der Waals surface area (Å²) in [4.78, 5) is 33.1. The van der Waals surface area contributed by atoms with E-state index in [2.05, 4.69) is 5.32 Å². The van der Waals surface area contributed by atoms with Crippen LogP contribution in [0.4, 0.5) is 10.5 Å². The zero-order valence-electron chi connectivity index (χ0n) is 25.2. The van der Waals surface area contributed by atoms with Gasteiger partial charge < -0.3 is 19.7 Å². The number of nitrogens with zero attached hydrogens (tertiary/aromatic N) is 4. The first-order valence-electron chi connectivity index (χ1n) is 14.5. The number of amides is 2. The number of piperidine rings is 1. The first-order chi connectivity index (χ1) is 20.0. The van der Waals surface area contributed by atoms with Crippen molar-refractivity contribution < 1.29 is 19.1 Å². The maximum Gasteiger partial charge on any atom is 0.410 e. The van der Waals surface area contributed by atoms with Crippen LogP contribution in [0.15, 0.2) is 54.7 Å². The summed E-state index contributed by atoms with van der Waals surface area (Å²) in [6.07, 6.45) is 2.80. The van der Waals surface area contributed by atoms with Gasteiger partial charge in [-0.15, -0.1) is 0 Å². The highest BCUT2D eigenvalue weighted by Crippen LogP contribution is 2.32. The van der Waals surface area contributed by atoms with Gasteiger partial charge in [-0.3, -0.25) is 4.79 Å². The molecule has 0 aliphatic carbocycles. The van der Waals surface area contributed by atoms with Crippen LogP contribution in [0.1, 0.15) is 73.6 Å².